The van der Waals surface area contributed by atoms with Crippen molar-refractivity contribution in [3.63, 3.8) is 0 Å². The van der Waals surface area contributed by atoms with E-state index in [1.807, 2.05) is 6.07 Å². The molecule has 2 aromatic rings. The van der Waals surface area contributed by atoms with E-state index in [-0.39, 0.29) is 35.3 Å². The minimum Gasteiger partial charge on any atom is -0.468 e. The van der Waals surface area contributed by atoms with E-state index in [1.54, 1.807) is 12.3 Å². The molecule has 0 bridgehead atoms. The minimum atomic E-state index is -3.85. The summed E-state index contributed by atoms with van der Waals surface area (Å²) in [5.41, 5.74) is 0.143. The fraction of sp³-hybridized carbons (Fsp3) is 0.476. The third-order valence-corrected chi connectivity index (χ3v) is 9.01. The SMILES string of the molecule is O=C1CCS(=O)(=O)N1c1ccc(S(=O)(=O)NC[C@@H](c2ccco2)N2CCCCCC2)cc1. The van der Waals surface area contributed by atoms with E-state index in [4.69, 9.17) is 4.42 Å². The smallest absolute Gasteiger partial charge is 0.242 e. The van der Waals surface area contributed by atoms with E-state index in [9.17, 15) is 21.6 Å². The standard InChI is InChI=1S/C21H27N3O6S2/c25-21-11-15-31(26,27)24(21)17-7-9-18(10-8-17)32(28,29)22-16-19(20-6-5-14-30-20)23-12-3-1-2-4-13-23/h5-10,14,19,22H,1-4,11-13,15-16H2/t19-/m0/s1. The summed E-state index contributed by atoms with van der Waals surface area (Å²) >= 11 is 0. The van der Waals surface area contributed by atoms with Gasteiger partial charge in [0.25, 0.3) is 0 Å². The quantitative estimate of drug-likeness (QED) is 0.644. The van der Waals surface area contributed by atoms with Gasteiger partial charge in [-0.15, -0.1) is 0 Å². The number of carbonyl (C=O) groups excluding carboxylic acids is 1. The molecule has 1 N–H and O–H groups in total. The molecule has 2 aliphatic heterocycles. The van der Waals surface area contributed by atoms with Crippen LogP contribution in [0.2, 0.25) is 0 Å². The number of carbonyl (C=O) groups is 1. The van der Waals surface area contributed by atoms with Crippen LogP contribution in [0.25, 0.3) is 0 Å². The predicted octanol–water partition coefficient (Wildman–Crippen LogP) is 2.24. The van der Waals surface area contributed by atoms with Crippen molar-refractivity contribution in [2.75, 3.05) is 29.7 Å². The molecule has 1 aromatic carbocycles. The third kappa shape index (κ3) is 4.90. The molecular formula is C21H27N3O6S2. The second-order valence-electron chi connectivity index (χ2n) is 8.05. The fourth-order valence-electron chi connectivity index (χ4n) is 4.20. The second kappa shape index (κ2) is 9.34. The summed E-state index contributed by atoms with van der Waals surface area (Å²) < 4.78 is 59.0. The Bertz CT molecular complexity index is 1140. The number of likely N-dealkylation sites (tertiary alicyclic amines) is 1. The van der Waals surface area contributed by atoms with Gasteiger partial charge in [0.2, 0.25) is 26.0 Å². The van der Waals surface area contributed by atoms with Crippen LogP contribution < -0.4 is 9.03 Å². The molecular weight excluding hydrogens is 454 g/mol. The van der Waals surface area contributed by atoms with Crippen LogP contribution in [0.5, 0.6) is 0 Å². The zero-order chi connectivity index (χ0) is 22.8. The number of furan rings is 1. The van der Waals surface area contributed by atoms with Crippen LogP contribution in [-0.2, 0) is 24.8 Å². The van der Waals surface area contributed by atoms with E-state index < -0.39 is 26.0 Å². The normalized spacial score (nSPS) is 20.9. The monoisotopic (exact) mass is 481 g/mol. The van der Waals surface area contributed by atoms with Gasteiger partial charge >= 0.3 is 0 Å². The molecule has 9 nitrogen and oxygen atoms in total. The van der Waals surface area contributed by atoms with Gasteiger partial charge in [-0.05, 0) is 62.3 Å². The Kier molecular flexibility index (Phi) is 6.70. The summed E-state index contributed by atoms with van der Waals surface area (Å²) in [4.78, 5) is 14.2. The summed E-state index contributed by atoms with van der Waals surface area (Å²) in [5.74, 6) is -0.0434. The van der Waals surface area contributed by atoms with Crippen LogP contribution in [0.15, 0.2) is 52.0 Å². The zero-order valence-corrected chi connectivity index (χ0v) is 19.3. The van der Waals surface area contributed by atoms with Gasteiger partial charge in [-0.25, -0.2) is 25.9 Å². The number of rotatable bonds is 7. The Balaban J connectivity index is 1.50. The van der Waals surface area contributed by atoms with Gasteiger partial charge in [0.1, 0.15) is 5.76 Å². The molecule has 11 heteroatoms. The van der Waals surface area contributed by atoms with Gasteiger partial charge in [-0.2, -0.15) is 0 Å². The summed E-state index contributed by atoms with van der Waals surface area (Å²) in [7, 11) is -7.54. The molecule has 4 rings (SSSR count). The molecule has 0 radical (unpaired) electrons. The molecule has 1 aromatic heterocycles. The number of sulfonamides is 2. The van der Waals surface area contributed by atoms with E-state index in [0.29, 0.717) is 5.76 Å². The zero-order valence-electron chi connectivity index (χ0n) is 17.6. The maximum atomic E-state index is 12.9. The lowest BCUT2D eigenvalue weighted by molar-refractivity contribution is -0.116. The first-order valence-electron chi connectivity index (χ1n) is 10.7. The molecule has 0 spiro atoms. The highest BCUT2D eigenvalue weighted by molar-refractivity contribution is 7.94. The molecule has 2 saturated heterocycles. The van der Waals surface area contributed by atoms with Crippen LogP contribution >= 0.6 is 0 Å². The van der Waals surface area contributed by atoms with E-state index in [1.165, 1.54) is 24.3 Å². The molecule has 3 heterocycles. The van der Waals surface area contributed by atoms with Crippen LogP contribution in [0, 0.1) is 0 Å². The van der Waals surface area contributed by atoms with Crippen molar-refractivity contribution in [1.29, 1.82) is 0 Å². The van der Waals surface area contributed by atoms with Gasteiger partial charge in [0.05, 0.1) is 28.6 Å². The van der Waals surface area contributed by atoms with Crippen molar-refractivity contribution in [1.82, 2.24) is 9.62 Å². The number of nitrogens with one attached hydrogen (secondary N) is 1. The van der Waals surface area contributed by atoms with E-state index in [2.05, 4.69) is 9.62 Å². The van der Waals surface area contributed by atoms with Crippen LogP contribution in [-0.4, -0.2) is 53.0 Å². The summed E-state index contributed by atoms with van der Waals surface area (Å²) in [5, 5.41) is 0. The van der Waals surface area contributed by atoms with Gasteiger partial charge < -0.3 is 4.42 Å². The first-order chi connectivity index (χ1) is 15.3. The number of benzene rings is 1. The Morgan fingerprint density at radius 1 is 1.03 bits per heavy atom. The molecule has 1 amide bonds. The molecule has 32 heavy (non-hydrogen) atoms. The van der Waals surface area contributed by atoms with Gasteiger partial charge in [-0.1, -0.05) is 12.8 Å². The molecule has 1 atom stereocenters. The van der Waals surface area contributed by atoms with Crippen LogP contribution in [0.1, 0.15) is 43.9 Å². The highest BCUT2D eigenvalue weighted by atomic mass is 32.2. The predicted molar refractivity (Wildman–Crippen MR) is 119 cm³/mol. The lowest BCUT2D eigenvalue weighted by Gasteiger charge is -2.29. The lowest BCUT2D eigenvalue weighted by atomic mass is 10.2. The van der Waals surface area contributed by atoms with E-state index in [0.717, 1.165) is 43.1 Å². The number of hydrogen-bond donors (Lipinski definition) is 1. The summed E-state index contributed by atoms with van der Waals surface area (Å²) in [6.45, 7) is 1.90. The molecule has 174 valence electrons. The van der Waals surface area contributed by atoms with Crippen molar-refractivity contribution in [3.05, 3.63) is 48.4 Å². The first-order valence-corrected chi connectivity index (χ1v) is 13.8. The highest BCUT2D eigenvalue weighted by Crippen LogP contribution is 2.27. The highest BCUT2D eigenvalue weighted by Gasteiger charge is 2.36. The molecule has 0 aliphatic carbocycles. The van der Waals surface area contributed by atoms with Crippen LogP contribution in [0.3, 0.4) is 0 Å². The van der Waals surface area contributed by atoms with Crippen molar-refractivity contribution in [2.45, 2.75) is 43.0 Å². The number of hydrogen-bond acceptors (Lipinski definition) is 7. The Morgan fingerprint density at radius 2 is 1.72 bits per heavy atom. The molecule has 2 fully saturated rings. The summed E-state index contributed by atoms with van der Waals surface area (Å²) in [6, 6.07) is 8.74. The largest absolute Gasteiger partial charge is 0.468 e. The van der Waals surface area contributed by atoms with Crippen LogP contribution in [0.4, 0.5) is 5.69 Å². The van der Waals surface area contributed by atoms with Gasteiger partial charge in [0, 0.05) is 13.0 Å². The topological polar surface area (TPSA) is 117 Å². The minimum absolute atomic E-state index is 0.000597. The van der Waals surface area contributed by atoms with E-state index >= 15 is 0 Å². The Labute approximate surface area is 188 Å². The van der Waals surface area contributed by atoms with Crippen molar-refractivity contribution < 1.29 is 26.0 Å². The number of anilines is 1. The number of nitrogens with zero attached hydrogens (tertiary/aromatic N) is 2. The van der Waals surface area contributed by atoms with Crippen molar-refractivity contribution in [3.8, 4) is 0 Å². The van der Waals surface area contributed by atoms with Gasteiger partial charge in [-0.3, -0.25) is 9.69 Å². The molecule has 2 aliphatic rings. The van der Waals surface area contributed by atoms with Crippen molar-refractivity contribution >= 4 is 31.6 Å². The molecule has 0 unspecified atom stereocenters. The van der Waals surface area contributed by atoms with Crippen molar-refractivity contribution in [2.24, 2.45) is 0 Å². The Morgan fingerprint density at radius 3 is 2.28 bits per heavy atom. The third-order valence-electron chi connectivity index (χ3n) is 5.88. The average Bonchev–Trinajstić information content (AvgIpc) is 3.28. The Hall–Kier alpha value is -2.21. The fourth-order valence-corrected chi connectivity index (χ4v) is 6.70. The number of amides is 1. The second-order valence-corrected chi connectivity index (χ2v) is 11.8. The molecule has 0 saturated carbocycles. The maximum Gasteiger partial charge on any atom is 0.242 e. The first kappa shape index (κ1) is 23.0. The maximum absolute atomic E-state index is 12.9. The average molecular weight is 482 g/mol. The lowest BCUT2D eigenvalue weighted by Crippen LogP contribution is -2.38. The summed E-state index contributed by atoms with van der Waals surface area (Å²) in [6.07, 6.45) is 5.95. The van der Waals surface area contributed by atoms with Gasteiger partial charge in [0.15, 0.2) is 0 Å².